The van der Waals surface area contributed by atoms with Gasteiger partial charge in [0.15, 0.2) is 0 Å². The van der Waals surface area contributed by atoms with Crippen molar-refractivity contribution >= 4 is 15.9 Å². The van der Waals surface area contributed by atoms with Crippen LogP contribution in [-0.2, 0) is 21.2 Å². The fraction of sp³-hybridized carbons (Fsp3) is 0.400. The number of aryl methyl sites for hydroxylation is 1. The molecule has 24 heavy (non-hydrogen) atoms. The molecule has 0 atom stereocenters. The SMILES string of the molecule is O=C(CCc1nncn1-c1ccccc1)N1CCNS(=O)(=O)CC1. The third-order valence-corrected chi connectivity index (χ3v) is 5.27. The maximum Gasteiger partial charge on any atom is 0.223 e. The van der Waals surface area contributed by atoms with Crippen LogP contribution >= 0.6 is 0 Å². The Morgan fingerprint density at radius 1 is 1.21 bits per heavy atom. The molecule has 1 aromatic heterocycles. The monoisotopic (exact) mass is 349 g/mol. The van der Waals surface area contributed by atoms with Crippen molar-refractivity contribution in [3.05, 3.63) is 42.5 Å². The quantitative estimate of drug-likeness (QED) is 0.835. The summed E-state index contributed by atoms with van der Waals surface area (Å²) >= 11 is 0. The van der Waals surface area contributed by atoms with Gasteiger partial charge in [-0.25, -0.2) is 13.1 Å². The van der Waals surface area contributed by atoms with E-state index in [2.05, 4.69) is 14.9 Å². The number of carbonyl (C=O) groups excluding carboxylic acids is 1. The molecule has 1 aliphatic rings. The summed E-state index contributed by atoms with van der Waals surface area (Å²) in [5, 5.41) is 8.01. The average molecular weight is 349 g/mol. The van der Waals surface area contributed by atoms with Crippen LogP contribution in [0.3, 0.4) is 0 Å². The molecule has 1 N–H and O–H groups in total. The molecule has 8 nitrogen and oxygen atoms in total. The number of para-hydroxylation sites is 1. The molecule has 128 valence electrons. The Bertz CT molecular complexity index is 804. The van der Waals surface area contributed by atoms with Gasteiger partial charge in [-0.05, 0) is 12.1 Å². The highest BCUT2D eigenvalue weighted by molar-refractivity contribution is 7.89. The van der Waals surface area contributed by atoms with E-state index in [9.17, 15) is 13.2 Å². The molecule has 0 spiro atoms. The molecule has 0 saturated carbocycles. The van der Waals surface area contributed by atoms with Crippen LogP contribution in [0.25, 0.3) is 5.69 Å². The summed E-state index contributed by atoms with van der Waals surface area (Å²) in [7, 11) is -3.26. The molecular weight excluding hydrogens is 330 g/mol. The van der Waals surface area contributed by atoms with Crippen LogP contribution in [-0.4, -0.2) is 59.4 Å². The van der Waals surface area contributed by atoms with Gasteiger partial charge >= 0.3 is 0 Å². The molecule has 2 heterocycles. The highest BCUT2D eigenvalue weighted by Crippen LogP contribution is 2.11. The first-order valence-electron chi connectivity index (χ1n) is 7.74. The third-order valence-electron chi connectivity index (χ3n) is 3.90. The number of nitrogens with zero attached hydrogens (tertiary/aromatic N) is 4. The van der Waals surface area contributed by atoms with Crippen molar-refractivity contribution in [2.75, 3.05) is 25.4 Å². The number of hydrogen-bond donors (Lipinski definition) is 1. The largest absolute Gasteiger partial charge is 0.340 e. The maximum absolute atomic E-state index is 12.4. The van der Waals surface area contributed by atoms with Gasteiger partial charge in [-0.2, -0.15) is 0 Å². The Morgan fingerprint density at radius 2 is 2.00 bits per heavy atom. The number of carbonyl (C=O) groups is 1. The fourth-order valence-electron chi connectivity index (χ4n) is 2.61. The number of aromatic nitrogens is 3. The van der Waals surface area contributed by atoms with Crippen molar-refractivity contribution in [3.8, 4) is 5.69 Å². The first-order valence-corrected chi connectivity index (χ1v) is 9.40. The number of amides is 1. The van der Waals surface area contributed by atoms with Crippen LogP contribution in [0.4, 0.5) is 0 Å². The number of benzene rings is 1. The lowest BCUT2D eigenvalue weighted by Gasteiger charge is -2.19. The smallest absolute Gasteiger partial charge is 0.223 e. The molecule has 2 aromatic rings. The topological polar surface area (TPSA) is 97.2 Å². The Kier molecular flexibility index (Phi) is 4.91. The van der Waals surface area contributed by atoms with Gasteiger partial charge in [-0.1, -0.05) is 18.2 Å². The molecule has 0 unspecified atom stereocenters. The molecule has 1 amide bonds. The standard InChI is InChI=1S/C15H19N5O3S/c21-15(19-9-8-17-24(22,23)11-10-19)7-6-14-18-16-12-20(14)13-4-2-1-3-5-13/h1-5,12,17H,6-11H2. The maximum atomic E-state index is 12.4. The van der Waals surface area contributed by atoms with Crippen LogP contribution in [0.1, 0.15) is 12.2 Å². The Balaban J connectivity index is 1.62. The lowest BCUT2D eigenvalue weighted by molar-refractivity contribution is -0.130. The molecule has 1 fully saturated rings. The van der Waals surface area contributed by atoms with Crippen molar-refractivity contribution in [2.45, 2.75) is 12.8 Å². The summed E-state index contributed by atoms with van der Waals surface area (Å²) in [5.41, 5.74) is 0.940. The summed E-state index contributed by atoms with van der Waals surface area (Å²) in [4.78, 5) is 13.9. The average Bonchev–Trinajstić information content (AvgIpc) is 2.97. The molecule has 1 saturated heterocycles. The van der Waals surface area contributed by atoms with E-state index in [4.69, 9.17) is 0 Å². The summed E-state index contributed by atoms with van der Waals surface area (Å²) in [6, 6.07) is 9.67. The highest BCUT2D eigenvalue weighted by Gasteiger charge is 2.22. The van der Waals surface area contributed by atoms with Crippen molar-refractivity contribution < 1.29 is 13.2 Å². The van der Waals surface area contributed by atoms with E-state index in [-0.39, 0.29) is 31.2 Å². The predicted octanol–water partition coefficient (Wildman–Crippen LogP) is -0.0385. The molecule has 9 heteroatoms. The van der Waals surface area contributed by atoms with Crippen molar-refractivity contribution in [1.82, 2.24) is 24.4 Å². The van der Waals surface area contributed by atoms with E-state index < -0.39 is 10.0 Å². The zero-order chi connectivity index (χ0) is 17.0. The summed E-state index contributed by atoms with van der Waals surface area (Å²) in [6.07, 6.45) is 2.34. The number of nitrogens with one attached hydrogen (secondary N) is 1. The van der Waals surface area contributed by atoms with Gasteiger partial charge in [0.25, 0.3) is 0 Å². The summed E-state index contributed by atoms with van der Waals surface area (Å²) in [6.45, 7) is 0.872. The minimum atomic E-state index is -3.26. The Hall–Kier alpha value is -2.26. The first-order chi connectivity index (χ1) is 11.6. The highest BCUT2D eigenvalue weighted by atomic mass is 32.2. The molecule has 0 radical (unpaired) electrons. The molecule has 1 aromatic carbocycles. The minimum absolute atomic E-state index is 0.0566. The van der Waals surface area contributed by atoms with E-state index in [0.717, 1.165) is 5.69 Å². The molecule has 3 rings (SSSR count). The van der Waals surface area contributed by atoms with Gasteiger partial charge in [0, 0.05) is 38.2 Å². The van der Waals surface area contributed by atoms with E-state index >= 15 is 0 Å². The second-order valence-corrected chi connectivity index (χ2v) is 7.47. The Morgan fingerprint density at radius 3 is 2.79 bits per heavy atom. The molecule has 0 aliphatic carbocycles. The van der Waals surface area contributed by atoms with E-state index in [0.29, 0.717) is 18.8 Å². The number of rotatable bonds is 4. The van der Waals surface area contributed by atoms with Gasteiger partial charge in [-0.3, -0.25) is 9.36 Å². The Labute approximate surface area is 140 Å². The van der Waals surface area contributed by atoms with Gasteiger partial charge < -0.3 is 4.90 Å². The summed E-state index contributed by atoms with van der Waals surface area (Å²) < 4.78 is 27.3. The molecule has 1 aliphatic heterocycles. The van der Waals surface area contributed by atoms with Gasteiger partial charge in [0.1, 0.15) is 12.2 Å². The molecule has 0 bridgehead atoms. The first kappa shape index (κ1) is 16.6. The number of hydrogen-bond acceptors (Lipinski definition) is 5. The van der Waals surface area contributed by atoms with E-state index in [1.807, 2.05) is 34.9 Å². The van der Waals surface area contributed by atoms with Crippen molar-refractivity contribution in [2.24, 2.45) is 0 Å². The predicted molar refractivity (Wildman–Crippen MR) is 88.0 cm³/mol. The minimum Gasteiger partial charge on any atom is -0.340 e. The molecular formula is C15H19N5O3S. The summed E-state index contributed by atoms with van der Waals surface area (Å²) in [5.74, 6) is 0.575. The lowest BCUT2D eigenvalue weighted by atomic mass is 10.2. The van der Waals surface area contributed by atoms with Crippen LogP contribution in [0.5, 0.6) is 0 Å². The second-order valence-electron chi connectivity index (χ2n) is 5.55. The van der Waals surface area contributed by atoms with Crippen LogP contribution in [0, 0.1) is 0 Å². The third kappa shape index (κ3) is 3.98. The van der Waals surface area contributed by atoms with Crippen molar-refractivity contribution in [1.29, 1.82) is 0 Å². The van der Waals surface area contributed by atoms with E-state index in [1.54, 1.807) is 11.2 Å². The van der Waals surface area contributed by atoms with Crippen LogP contribution < -0.4 is 4.72 Å². The zero-order valence-corrected chi connectivity index (χ0v) is 13.9. The van der Waals surface area contributed by atoms with Crippen molar-refractivity contribution in [3.63, 3.8) is 0 Å². The fourth-order valence-corrected chi connectivity index (χ4v) is 3.62. The van der Waals surface area contributed by atoms with Crippen LogP contribution in [0.2, 0.25) is 0 Å². The van der Waals surface area contributed by atoms with Gasteiger partial charge in [0.05, 0.1) is 5.75 Å². The van der Waals surface area contributed by atoms with Gasteiger partial charge in [-0.15, -0.1) is 10.2 Å². The number of sulfonamides is 1. The van der Waals surface area contributed by atoms with Crippen LogP contribution in [0.15, 0.2) is 36.7 Å². The lowest BCUT2D eigenvalue weighted by Crippen LogP contribution is -2.35. The second kappa shape index (κ2) is 7.10. The van der Waals surface area contributed by atoms with Gasteiger partial charge in [0.2, 0.25) is 15.9 Å². The normalized spacial score (nSPS) is 17.4. The van der Waals surface area contributed by atoms with E-state index in [1.165, 1.54) is 0 Å². The zero-order valence-electron chi connectivity index (χ0n) is 13.1.